The number of hydrogen-bond acceptors (Lipinski definition) is 3. The highest BCUT2D eigenvalue weighted by Gasteiger charge is 2.28. The molecule has 0 aliphatic rings. The second-order valence-corrected chi connectivity index (χ2v) is 9.31. The van der Waals surface area contributed by atoms with Crippen molar-refractivity contribution in [2.75, 3.05) is 6.54 Å². The van der Waals surface area contributed by atoms with Crippen LogP contribution in [-0.4, -0.2) is 39.3 Å². The van der Waals surface area contributed by atoms with E-state index in [4.69, 9.17) is 11.6 Å². The predicted molar refractivity (Wildman–Crippen MR) is 131 cm³/mol. The van der Waals surface area contributed by atoms with Gasteiger partial charge in [0.1, 0.15) is 6.04 Å². The Morgan fingerprint density at radius 1 is 1.12 bits per heavy atom. The van der Waals surface area contributed by atoms with Crippen molar-refractivity contribution in [3.63, 3.8) is 0 Å². The van der Waals surface area contributed by atoms with Crippen molar-refractivity contribution < 1.29 is 9.59 Å². The number of amides is 2. The standard InChI is InChI=1S/C26H31ClN4O2/c1-19(25(33)29-17-26(2,3)21-7-5-4-6-8-21)31(16-20-9-11-22(27)12-10-20)24(32)14-13-23-15-28-18-30-23/h4-12,15,18-19H,13-14,16-17H2,1-3H3,(H,28,30)(H,29,33). The summed E-state index contributed by atoms with van der Waals surface area (Å²) >= 11 is 6.01. The quantitative estimate of drug-likeness (QED) is 0.461. The number of benzene rings is 2. The monoisotopic (exact) mass is 466 g/mol. The van der Waals surface area contributed by atoms with Crippen LogP contribution in [0.1, 0.15) is 44.0 Å². The maximum absolute atomic E-state index is 13.2. The number of aryl methyl sites for hydroxylation is 1. The molecule has 0 aliphatic heterocycles. The van der Waals surface area contributed by atoms with Gasteiger partial charge in [-0.25, -0.2) is 4.98 Å². The number of halogens is 1. The van der Waals surface area contributed by atoms with E-state index < -0.39 is 6.04 Å². The molecular formula is C26H31ClN4O2. The van der Waals surface area contributed by atoms with E-state index in [1.807, 2.05) is 30.3 Å². The Morgan fingerprint density at radius 2 is 1.82 bits per heavy atom. The normalized spacial score (nSPS) is 12.2. The zero-order chi connectivity index (χ0) is 23.8. The molecule has 33 heavy (non-hydrogen) atoms. The molecule has 2 amide bonds. The Balaban J connectivity index is 1.69. The molecule has 0 saturated carbocycles. The third-order valence-corrected chi connectivity index (χ3v) is 6.11. The third-order valence-electron chi connectivity index (χ3n) is 5.86. The number of imidazole rings is 1. The number of H-pyrrole nitrogens is 1. The van der Waals surface area contributed by atoms with Crippen LogP contribution in [0.3, 0.4) is 0 Å². The molecule has 0 fully saturated rings. The van der Waals surface area contributed by atoms with Crippen molar-refractivity contribution in [3.8, 4) is 0 Å². The van der Waals surface area contributed by atoms with Crippen LogP contribution in [0.25, 0.3) is 0 Å². The highest BCUT2D eigenvalue weighted by Crippen LogP contribution is 2.22. The Bertz CT molecular complexity index is 1030. The number of carbonyl (C=O) groups excluding carboxylic acids is 2. The molecule has 2 aromatic carbocycles. The number of carbonyl (C=O) groups is 2. The van der Waals surface area contributed by atoms with Gasteiger partial charge in [0, 0.05) is 41.8 Å². The lowest BCUT2D eigenvalue weighted by Gasteiger charge is -2.31. The molecule has 1 atom stereocenters. The second-order valence-electron chi connectivity index (χ2n) is 8.87. The van der Waals surface area contributed by atoms with E-state index in [2.05, 4.69) is 41.3 Å². The van der Waals surface area contributed by atoms with Gasteiger partial charge in [-0.2, -0.15) is 0 Å². The highest BCUT2D eigenvalue weighted by molar-refractivity contribution is 6.30. The van der Waals surface area contributed by atoms with Crippen LogP contribution >= 0.6 is 11.6 Å². The molecule has 1 unspecified atom stereocenters. The third kappa shape index (κ3) is 6.93. The lowest BCUT2D eigenvalue weighted by molar-refractivity contribution is -0.140. The first kappa shape index (κ1) is 24.5. The summed E-state index contributed by atoms with van der Waals surface area (Å²) in [6.07, 6.45) is 4.11. The van der Waals surface area contributed by atoms with Crippen molar-refractivity contribution in [1.29, 1.82) is 0 Å². The number of rotatable bonds is 10. The molecule has 0 saturated heterocycles. The van der Waals surface area contributed by atoms with Crippen LogP contribution in [0.5, 0.6) is 0 Å². The fourth-order valence-corrected chi connectivity index (χ4v) is 3.75. The molecule has 0 spiro atoms. The lowest BCUT2D eigenvalue weighted by Crippen LogP contribution is -2.49. The summed E-state index contributed by atoms with van der Waals surface area (Å²) in [5.74, 6) is -0.271. The summed E-state index contributed by atoms with van der Waals surface area (Å²) in [7, 11) is 0. The number of aromatic amines is 1. The summed E-state index contributed by atoms with van der Waals surface area (Å²) in [6, 6.07) is 16.8. The summed E-state index contributed by atoms with van der Waals surface area (Å²) < 4.78 is 0. The molecule has 1 aromatic heterocycles. The van der Waals surface area contributed by atoms with Crippen LogP contribution in [0.15, 0.2) is 67.1 Å². The topological polar surface area (TPSA) is 78.1 Å². The van der Waals surface area contributed by atoms with E-state index in [0.29, 0.717) is 24.5 Å². The average molecular weight is 467 g/mol. The van der Waals surface area contributed by atoms with Gasteiger partial charge in [-0.1, -0.05) is 67.9 Å². The first-order chi connectivity index (χ1) is 15.8. The molecule has 174 valence electrons. The van der Waals surface area contributed by atoms with Crippen molar-refractivity contribution in [3.05, 3.63) is 89.0 Å². The first-order valence-electron chi connectivity index (χ1n) is 11.1. The Morgan fingerprint density at radius 3 is 2.45 bits per heavy atom. The summed E-state index contributed by atoms with van der Waals surface area (Å²) in [4.78, 5) is 34.9. The Kier molecular flexibility index (Phi) is 8.28. The van der Waals surface area contributed by atoms with E-state index in [1.54, 1.807) is 36.5 Å². The smallest absolute Gasteiger partial charge is 0.242 e. The van der Waals surface area contributed by atoms with Gasteiger partial charge in [0.05, 0.1) is 6.33 Å². The zero-order valence-corrected chi connectivity index (χ0v) is 20.1. The molecule has 3 rings (SSSR count). The maximum atomic E-state index is 13.2. The van der Waals surface area contributed by atoms with Gasteiger partial charge >= 0.3 is 0 Å². The van der Waals surface area contributed by atoms with E-state index >= 15 is 0 Å². The average Bonchev–Trinajstić information content (AvgIpc) is 3.34. The lowest BCUT2D eigenvalue weighted by atomic mass is 9.84. The maximum Gasteiger partial charge on any atom is 0.242 e. The van der Waals surface area contributed by atoms with Gasteiger partial charge in [0.25, 0.3) is 0 Å². The zero-order valence-electron chi connectivity index (χ0n) is 19.3. The summed E-state index contributed by atoms with van der Waals surface area (Å²) in [6.45, 7) is 6.75. The fourth-order valence-electron chi connectivity index (χ4n) is 3.62. The minimum absolute atomic E-state index is 0.0930. The van der Waals surface area contributed by atoms with Crippen molar-refractivity contribution in [2.24, 2.45) is 0 Å². The van der Waals surface area contributed by atoms with E-state index in [1.165, 1.54) is 0 Å². The van der Waals surface area contributed by atoms with Gasteiger partial charge < -0.3 is 15.2 Å². The van der Waals surface area contributed by atoms with Gasteiger partial charge in [0.2, 0.25) is 11.8 Å². The second kappa shape index (κ2) is 11.1. The van der Waals surface area contributed by atoms with Crippen molar-refractivity contribution >= 4 is 23.4 Å². The molecule has 2 N–H and O–H groups in total. The number of hydrogen-bond donors (Lipinski definition) is 2. The Hall–Kier alpha value is -3.12. The summed E-state index contributed by atoms with van der Waals surface area (Å²) in [5.41, 5.74) is 2.71. The molecule has 3 aromatic rings. The van der Waals surface area contributed by atoms with Crippen molar-refractivity contribution in [2.45, 2.75) is 51.6 Å². The first-order valence-corrected chi connectivity index (χ1v) is 11.5. The largest absolute Gasteiger partial charge is 0.353 e. The minimum Gasteiger partial charge on any atom is -0.353 e. The van der Waals surface area contributed by atoms with Crippen LogP contribution in [0.2, 0.25) is 5.02 Å². The van der Waals surface area contributed by atoms with Gasteiger partial charge in [-0.3, -0.25) is 9.59 Å². The molecule has 1 heterocycles. The fraction of sp³-hybridized carbons (Fsp3) is 0.346. The molecule has 0 aliphatic carbocycles. The molecule has 0 bridgehead atoms. The van der Waals surface area contributed by atoms with E-state index in [-0.39, 0.29) is 23.7 Å². The molecule has 6 nitrogen and oxygen atoms in total. The van der Waals surface area contributed by atoms with Crippen LogP contribution < -0.4 is 5.32 Å². The minimum atomic E-state index is -0.624. The number of nitrogens with one attached hydrogen (secondary N) is 2. The molecule has 0 radical (unpaired) electrons. The summed E-state index contributed by atoms with van der Waals surface area (Å²) in [5, 5.41) is 3.68. The van der Waals surface area contributed by atoms with E-state index in [0.717, 1.165) is 16.8 Å². The van der Waals surface area contributed by atoms with Gasteiger partial charge in [-0.15, -0.1) is 0 Å². The van der Waals surface area contributed by atoms with E-state index in [9.17, 15) is 9.59 Å². The van der Waals surface area contributed by atoms with Crippen LogP contribution in [0.4, 0.5) is 0 Å². The Labute approximate surface area is 200 Å². The SMILES string of the molecule is CC(C(=O)NCC(C)(C)c1ccccc1)N(Cc1ccc(Cl)cc1)C(=O)CCc1cnc[nH]1. The van der Waals surface area contributed by atoms with Crippen LogP contribution in [-0.2, 0) is 28.0 Å². The highest BCUT2D eigenvalue weighted by atomic mass is 35.5. The van der Waals surface area contributed by atoms with Crippen molar-refractivity contribution in [1.82, 2.24) is 20.2 Å². The predicted octanol–water partition coefficient (Wildman–Crippen LogP) is 4.51. The van der Waals surface area contributed by atoms with Crippen LogP contribution in [0, 0.1) is 0 Å². The molecule has 7 heteroatoms. The van der Waals surface area contributed by atoms with Gasteiger partial charge in [-0.05, 0) is 36.6 Å². The van der Waals surface area contributed by atoms with Gasteiger partial charge in [0.15, 0.2) is 0 Å². The number of aromatic nitrogens is 2. The molecular weight excluding hydrogens is 436 g/mol. The number of nitrogens with zero attached hydrogens (tertiary/aromatic N) is 2.